The first-order valence-corrected chi connectivity index (χ1v) is 19.6. The highest BCUT2D eigenvalue weighted by molar-refractivity contribution is 7.26. The second-order valence-electron chi connectivity index (χ2n) is 14.0. The Bertz CT molecular complexity index is 3190. The van der Waals surface area contributed by atoms with E-state index in [2.05, 4.69) is 180 Å². The third-order valence-corrected chi connectivity index (χ3v) is 11.9. The standard InChI is InChI=1S/C51H32N4S/c1-4-16-33(17-5-1)38-31-43(48-44(32-38)42-27-15-26-39(47(42)56-48)34-18-6-2-7-19-34)36-22-14-23-37(30-36)50-52-49(35-20-8-3-9-21-35)53-51(54-50)55-45-28-12-10-24-40(45)41-25-11-13-29-46(41)55/h1-32H. The van der Waals surface area contributed by atoms with Gasteiger partial charge in [0.15, 0.2) is 11.6 Å². The molecule has 0 fully saturated rings. The van der Waals surface area contributed by atoms with Crippen molar-refractivity contribution in [2.45, 2.75) is 0 Å². The monoisotopic (exact) mass is 732 g/mol. The first-order chi connectivity index (χ1) is 27.8. The van der Waals surface area contributed by atoms with Gasteiger partial charge in [-0.3, -0.25) is 4.57 Å². The summed E-state index contributed by atoms with van der Waals surface area (Å²) in [6.45, 7) is 0. The lowest BCUT2D eigenvalue weighted by molar-refractivity contribution is 0.953. The lowest BCUT2D eigenvalue weighted by Gasteiger charge is -2.12. The summed E-state index contributed by atoms with van der Waals surface area (Å²) < 4.78 is 4.71. The van der Waals surface area contributed by atoms with Gasteiger partial charge in [-0.2, -0.15) is 9.97 Å². The van der Waals surface area contributed by atoms with Gasteiger partial charge >= 0.3 is 0 Å². The first-order valence-electron chi connectivity index (χ1n) is 18.8. The molecule has 11 rings (SSSR count). The summed E-state index contributed by atoms with van der Waals surface area (Å²) >= 11 is 1.87. The summed E-state index contributed by atoms with van der Waals surface area (Å²) in [5.41, 5.74) is 11.1. The van der Waals surface area contributed by atoms with E-state index in [4.69, 9.17) is 15.0 Å². The molecule has 0 aliphatic rings. The Morgan fingerprint density at radius 2 is 0.839 bits per heavy atom. The Labute approximate surface area is 327 Å². The van der Waals surface area contributed by atoms with E-state index in [1.807, 2.05) is 29.5 Å². The van der Waals surface area contributed by atoms with Crippen molar-refractivity contribution in [2.75, 3.05) is 0 Å². The molecule has 0 aliphatic heterocycles. The number of rotatable bonds is 6. The van der Waals surface area contributed by atoms with E-state index in [1.54, 1.807) is 0 Å². The van der Waals surface area contributed by atoms with E-state index >= 15 is 0 Å². The summed E-state index contributed by atoms with van der Waals surface area (Å²) in [4.78, 5) is 15.5. The van der Waals surface area contributed by atoms with E-state index in [-0.39, 0.29) is 0 Å². The van der Waals surface area contributed by atoms with Crippen LogP contribution in [0.1, 0.15) is 0 Å². The zero-order chi connectivity index (χ0) is 37.0. The normalized spacial score (nSPS) is 11.6. The van der Waals surface area contributed by atoms with Crippen molar-refractivity contribution in [3.05, 3.63) is 194 Å². The molecule has 5 heteroatoms. The number of fused-ring (bicyclic) bond motifs is 6. The maximum atomic E-state index is 5.26. The molecule has 8 aromatic carbocycles. The van der Waals surface area contributed by atoms with Gasteiger partial charge in [0.05, 0.1) is 11.0 Å². The third-order valence-electron chi connectivity index (χ3n) is 10.7. The molecule has 0 spiro atoms. The Kier molecular flexibility index (Phi) is 7.64. The van der Waals surface area contributed by atoms with Crippen LogP contribution in [0.25, 0.3) is 104 Å². The predicted octanol–water partition coefficient (Wildman–Crippen LogP) is 13.7. The highest BCUT2D eigenvalue weighted by Crippen LogP contribution is 2.46. The maximum Gasteiger partial charge on any atom is 0.238 e. The number of thiophene rings is 1. The van der Waals surface area contributed by atoms with E-state index < -0.39 is 0 Å². The van der Waals surface area contributed by atoms with Gasteiger partial charge in [0.25, 0.3) is 0 Å². The average molecular weight is 733 g/mol. The number of nitrogens with zero attached hydrogens (tertiary/aromatic N) is 4. The minimum atomic E-state index is 0.586. The quantitative estimate of drug-likeness (QED) is 0.171. The Balaban J connectivity index is 1.14. The minimum Gasteiger partial charge on any atom is -0.278 e. The van der Waals surface area contributed by atoms with Crippen LogP contribution in [0.2, 0.25) is 0 Å². The van der Waals surface area contributed by atoms with Crippen LogP contribution in [0, 0.1) is 0 Å². The zero-order valence-electron chi connectivity index (χ0n) is 30.2. The zero-order valence-corrected chi connectivity index (χ0v) is 31.0. The number of para-hydroxylation sites is 2. The van der Waals surface area contributed by atoms with Crippen LogP contribution < -0.4 is 0 Å². The minimum absolute atomic E-state index is 0.586. The number of hydrogen-bond donors (Lipinski definition) is 0. The molecule has 0 saturated heterocycles. The highest BCUT2D eigenvalue weighted by atomic mass is 32.1. The molecule has 262 valence electrons. The van der Waals surface area contributed by atoms with Crippen molar-refractivity contribution in [1.82, 2.24) is 19.5 Å². The molecular weight excluding hydrogens is 701 g/mol. The largest absolute Gasteiger partial charge is 0.278 e. The molecule has 0 aliphatic carbocycles. The molecular formula is C51H32N4S. The van der Waals surface area contributed by atoms with Crippen molar-refractivity contribution in [2.24, 2.45) is 0 Å². The summed E-state index contributed by atoms with van der Waals surface area (Å²) in [6, 6.07) is 68.6. The van der Waals surface area contributed by atoms with E-state index in [0.29, 0.717) is 17.6 Å². The lowest BCUT2D eigenvalue weighted by atomic mass is 9.94. The SMILES string of the molecule is c1ccc(-c2cc(-c3cccc(-c4nc(-c5ccccc5)nc(-n5c6ccccc6c6ccccc65)n4)c3)c3sc4c(-c5ccccc5)cccc4c3c2)cc1. The summed E-state index contributed by atoms with van der Waals surface area (Å²) in [5.74, 6) is 1.84. The molecule has 0 unspecified atom stereocenters. The van der Waals surface area contributed by atoms with Crippen molar-refractivity contribution in [1.29, 1.82) is 0 Å². The third kappa shape index (κ3) is 5.40. The summed E-state index contributed by atoms with van der Waals surface area (Å²) in [5, 5.41) is 4.84. The number of benzene rings is 8. The fourth-order valence-electron chi connectivity index (χ4n) is 8.03. The van der Waals surface area contributed by atoms with E-state index in [0.717, 1.165) is 38.5 Å². The second-order valence-corrected chi connectivity index (χ2v) is 15.0. The highest BCUT2D eigenvalue weighted by Gasteiger charge is 2.20. The van der Waals surface area contributed by atoms with Crippen LogP contribution in [-0.2, 0) is 0 Å². The Morgan fingerprint density at radius 3 is 1.54 bits per heavy atom. The van der Waals surface area contributed by atoms with Gasteiger partial charge in [-0.15, -0.1) is 11.3 Å². The molecule has 0 atom stereocenters. The van der Waals surface area contributed by atoms with Crippen molar-refractivity contribution in [3.8, 4) is 62.1 Å². The molecule has 11 aromatic rings. The van der Waals surface area contributed by atoms with Gasteiger partial charge in [-0.25, -0.2) is 4.98 Å². The molecule has 0 saturated carbocycles. The average Bonchev–Trinajstić information content (AvgIpc) is 3.83. The van der Waals surface area contributed by atoms with Crippen LogP contribution in [0.4, 0.5) is 0 Å². The van der Waals surface area contributed by atoms with Gasteiger partial charge < -0.3 is 0 Å². The molecule has 3 heterocycles. The summed E-state index contributed by atoms with van der Waals surface area (Å²) in [6.07, 6.45) is 0. The van der Waals surface area contributed by atoms with Gasteiger partial charge in [0.1, 0.15) is 0 Å². The predicted molar refractivity (Wildman–Crippen MR) is 234 cm³/mol. The molecule has 56 heavy (non-hydrogen) atoms. The fourth-order valence-corrected chi connectivity index (χ4v) is 9.38. The second kappa shape index (κ2) is 13.3. The maximum absolute atomic E-state index is 5.26. The number of aromatic nitrogens is 4. The smallest absolute Gasteiger partial charge is 0.238 e. The first kappa shape index (κ1) is 32.2. The van der Waals surface area contributed by atoms with Crippen molar-refractivity contribution >= 4 is 53.3 Å². The molecule has 4 nitrogen and oxygen atoms in total. The lowest BCUT2D eigenvalue weighted by Crippen LogP contribution is -2.06. The molecule has 0 N–H and O–H groups in total. The fraction of sp³-hybridized carbons (Fsp3) is 0. The molecule has 0 bridgehead atoms. The van der Waals surface area contributed by atoms with Gasteiger partial charge in [-0.05, 0) is 58.1 Å². The molecule has 0 amide bonds. The number of hydrogen-bond acceptors (Lipinski definition) is 4. The molecule has 3 aromatic heterocycles. The van der Waals surface area contributed by atoms with Crippen LogP contribution >= 0.6 is 11.3 Å². The van der Waals surface area contributed by atoms with Crippen LogP contribution in [0.3, 0.4) is 0 Å². The topological polar surface area (TPSA) is 43.6 Å². The molecule has 0 radical (unpaired) electrons. The van der Waals surface area contributed by atoms with Crippen molar-refractivity contribution in [3.63, 3.8) is 0 Å². The van der Waals surface area contributed by atoms with Crippen LogP contribution in [0.15, 0.2) is 194 Å². The van der Waals surface area contributed by atoms with E-state index in [9.17, 15) is 0 Å². The Hall–Kier alpha value is -7.21. The summed E-state index contributed by atoms with van der Waals surface area (Å²) in [7, 11) is 0. The van der Waals surface area contributed by atoms with Gasteiger partial charge in [-0.1, -0.05) is 164 Å². The Morgan fingerprint density at radius 1 is 0.321 bits per heavy atom. The van der Waals surface area contributed by atoms with Crippen LogP contribution in [-0.4, -0.2) is 19.5 Å². The van der Waals surface area contributed by atoms with Gasteiger partial charge in [0.2, 0.25) is 5.95 Å². The van der Waals surface area contributed by atoms with Crippen LogP contribution in [0.5, 0.6) is 0 Å². The van der Waals surface area contributed by atoms with E-state index in [1.165, 1.54) is 48.0 Å². The van der Waals surface area contributed by atoms with Gasteiger partial charge in [0, 0.05) is 47.6 Å². The van der Waals surface area contributed by atoms with Crippen molar-refractivity contribution < 1.29 is 0 Å².